The van der Waals surface area contributed by atoms with Gasteiger partial charge >= 0.3 is 0 Å². The van der Waals surface area contributed by atoms with E-state index < -0.39 is 9.84 Å². The van der Waals surface area contributed by atoms with E-state index in [9.17, 15) is 13.2 Å². The molecular weight excluding hydrogens is 216 g/mol. The highest BCUT2D eigenvalue weighted by Crippen LogP contribution is 2.11. The first-order valence-electron chi connectivity index (χ1n) is 4.81. The van der Waals surface area contributed by atoms with E-state index in [1.807, 2.05) is 6.92 Å². The van der Waals surface area contributed by atoms with Crippen molar-refractivity contribution in [3.8, 4) is 0 Å². The first-order chi connectivity index (χ1) is 7.07. The SMILES string of the molecule is CCCCS(=O)(=O)Cc1ccc(C=O)o1. The van der Waals surface area contributed by atoms with E-state index in [0.717, 1.165) is 6.42 Å². The maximum Gasteiger partial charge on any atom is 0.185 e. The molecule has 1 rings (SSSR count). The van der Waals surface area contributed by atoms with Crippen LogP contribution < -0.4 is 0 Å². The van der Waals surface area contributed by atoms with Gasteiger partial charge in [0.25, 0.3) is 0 Å². The molecule has 0 radical (unpaired) electrons. The second-order valence-electron chi connectivity index (χ2n) is 3.37. The molecule has 0 spiro atoms. The molecule has 0 saturated carbocycles. The van der Waals surface area contributed by atoms with Gasteiger partial charge in [0.15, 0.2) is 21.9 Å². The molecular formula is C10H14O4S. The van der Waals surface area contributed by atoms with E-state index in [-0.39, 0.29) is 17.3 Å². The lowest BCUT2D eigenvalue weighted by Gasteiger charge is -2.00. The van der Waals surface area contributed by atoms with Crippen molar-refractivity contribution in [1.82, 2.24) is 0 Å². The Hall–Kier alpha value is -1.10. The number of hydrogen-bond donors (Lipinski definition) is 0. The van der Waals surface area contributed by atoms with Crippen molar-refractivity contribution < 1.29 is 17.6 Å². The molecule has 0 amide bonds. The molecule has 4 nitrogen and oxygen atoms in total. The van der Waals surface area contributed by atoms with Crippen molar-refractivity contribution in [1.29, 1.82) is 0 Å². The largest absolute Gasteiger partial charge is 0.457 e. The van der Waals surface area contributed by atoms with Crippen LogP contribution in [0, 0.1) is 0 Å². The summed E-state index contributed by atoms with van der Waals surface area (Å²) in [5.74, 6) is 0.533. The second-order valence-corrected chi connectivity index (χ2v) is 5.55. The van der Waals surface area contributed by atoms with Crippen LogP contribution in [0.5, 0.6) is 0 Å². The summed E-state index contributed by atoms with van der Waals surface area (Å²) in [5.41, 5.74) is 0. The monoisotopic (exact) mass is 230 g/mol. The molecule has 0 N–H and O–H groups in total. The second kappa shape index (κ2) is 5.11. The standard InChI is InChI=1S/C10H14O4S/c1-2-3-6-15(12,13)8-10-5-4-9(7-11)14-10/h4-5,7H,2-3,6,8H2,1H3. The van der Waals surface area contributed by atoms with Gasteiger partial charge in [-0.15, -0.1) is 0 Å². The summed E-state index contributed by atoms with van der Waals surface area (Å²) in [7, 11) is -3.10. The molecule has 0 saturated heterocycles. The Kier molecular flexibility index (Phi) is 4.08. The Bertz CT molecular complexity index is 416. The van der Waals surface area contributed by atoms with Crippen molar-refractivity contribution in [2.45, 2.75) is 25.5 Å². The van der Waals surface area contributed by atoms with E-state index in [1.54, 1.807) is 0 Å². The normalized spacial score (nSPS) is 11.5. The van der Waals surface area contributed by atoms with Gasteiger partial charge in [0.1, 0.15) is 11.5 Å². The van der Waals surface area contributed by atoms with Gasteiger partial charge in [0, 0.05) is 0 Å². The maximum absolute atomic E-state index is 11.5. The van der Waals surface area contributed by atoms with Gasteiger partial charge in [-0.25, -0.2) is 8.42 Å². The zero-order valence-corrected chi connectivity index (χ0v) is 9.42. The number of furan rings is 1. The van der Waals surface area contributed by atoms with Crippen LogP contribution in [0.1, 0.15) is 36.1 Å². The average molecular weight is 230 g/mol. The number of aldehydes is 1. The molecule has 0 bridgehead atoms. The van der Waals surface area contributed by atoms with Gasteiger partial charge in [-0.1, -0.05) is 13.3 Å². The predicted octanol–water partition coefficient (Wildman–Crippen LogP) is 1.81. The van der Waals surface area contributed by atoms with Crippen LogP contribution in [-0.2, 0) is 15.6 Å². The van der Waals surface area contributed by atoms with Gasteiger partial charge in [-0.2, -0.15) is 0 Å². The summed E-state index contributed by atoms with van der Waals surface area (Å²) in [6.45, 7) is 1.94. The summed E-state index contributed by atoms with van der Waals surface area (Å²) in [6, 6.07) is 2.99. The van der Waals surface area contributed by atoms with E-state index in [0.29, 0.717) is 18.5 Å². The number of hydrogen-bond acceptors (Lipinski definition) is 4. The topological polar surface area (TPSA) is 64.3 Å². The molecule has 84 valence electrons. The highest BCUT2D eigenvalue weighted by atomic mass is 32.2. The fourth-order valence-corrected chi connectivity index (χ4v) is 2.65. The minimum absolute atomic E-state index is 0.124. The number of carbonyl (C=O) groups excluding carboxylic acids is 1. The van der Waals surface area contributed by atoms with Crippen molar-refractivity contribution in [3.05, 3.63) is 23.7 Å². The summed E-state index contributed by atoms with van der Waals surface area (Å²) in [6.07, 6.45) is 2.06. The Balaban J connectivity index is 2.64. The van der Waals surface area contributed by atoms with Crippen LogP contribution in [0.4, 0.5) is 0 Å². The zero-order valence-electron chi connectivity index (χ0n) is 8.60. The third-order valence-electron chi connectivity index (χ3n) is 1.97. The summed E-state index contributed by atoms with van der Waals surface area (Å²) < 4.78 is 28.0. The zero-order chi connectivity index (χ0) is 11.3. The maximum atomic E-state index is 11.5. The first kappa shape index (κ1) is 12.0. The molecule has 1 aromatic rings. The number of carbonyl (C=O) groups is 1. The van der Waals surface area contributed by atoms with E-state index in [4.69, 9.17) is 4.42 Å². The van der Waals surface area contributed by atoms with E-state index in [1.165, 1.54) is 12.1 Å². The van der Waals surface area contributed by atoms with Crippen LogP contribution in [-0.4, -0.2) is 20.5 Å². The van der Waals surface area contributed by atoms with Crippen molar-refractivity contribution >= 4 is 16.1 Å². The smallest absolute Gasteiger partial charge is 0.185 e. The Morgan fingerprint density at radius 2 is 2.13 bits per heavy atom. The highest BCUT2D eigenvalue weighted by Gasteiger charge is 2.13. The first-order valence-corrected chi connectivity index (χ1v) is 6.64. The quantitative estimate of drug-likeness (QED) is 0.699. The van der Waals surface area contributed by atoms with Crippen LogP contribution >= 0.6 is 0 Å². The molecule has 0 aromatic carbocycles. The summed E-state index contributed by atoms with van der Waals surface area (Å²) in [4.78, 5) is 10.3. The fourth-order valence-electron chi connectivity index (χ4n) is 1.19. The Labute approximate surface area is 89.2 Å². The van der Waals surface area contributed by atoms with Crippen molar-refractivity contribution in [3.63, 3.8) is 0 Å². The van der Waals surface area contributed by atoms with Gasteiger partial charge in [-0.05, 0) is 18.6 Å². The number of sulfone groups is 1. The molecule has 5 heteroatoms. The van der Waals surface area contributed by atoms with E-state index >= 15 is 0 Å². The van der Waals surface area contributed by atoms with Crippen molar-refractivity contribution in [2.24, 2.45) is 0 Å². The Morgan fingerprint density at radius 3 is 2.67 bits per heavy atom. The molecule has 0 aliphatic carbocycles. The molecule has 0 aliphatic heterocycles. The molecule has 1 aromatic heterocycles. The molecule has 0 atom stereocenters. The lowest BCUT2D eigenvalue weighted by molar-refractivity contribution is 0.109. The fraction of sp³-hybridized carbons (Fsp3) is 0.500. The number of unbranched alkanes of at least 4 members (excludes halogenated alkanes) is 1. The Morgan fingerprint density at radius 1 is 1.40 bits per heavy atom. The molecule has 1 heterocycles. The summed E-state index contributed by atoms with van der Waals surface area (Å²) in [5, 5.41) is 0. The molecule has 0 unspecified atom stereocenters. The van der Waals surface area contributed by atoms with Gasteiger partial charge in [-0.3, -0.25) is 4.79 Å². The van der Waals surface area contributed by atoms with Crippen molar-refractivity contribution in [2.75, 3.05) is 5.75 Å². The van der Waals surface area contributed by atoms with Gasteiger partial charge in [0.05, 0.1) is 5.75 Å². The molecule has 0 aliphatic rings. The lowest BCUT2D eigenvalue weighted by Crippen LogP contribution is -2.08. The van der Waals surface area contributed by atoms with Gasteiger partial charge < -0.3 is 4.42 Å². The van der Waals surface area contributed by atoms with Crippen LogP contribution in [0.25, 0.3) is 0 Å². The molecule has 15 heavy (non-hydrogen) atoms. The summed E-state index contributed by atoms with van der Waals surface area (Å²) >= 11 is 0. The van der Waals surface area contributed by atoms with Gasteiger partial charge in [0.2, 0.25) is 0 Å². The van der Waals surface area contributed by atoms with Crippen LogP contribution in [0.3, 0.4) is 0 Å². The third kappa shape index (κ3) is 3.87. The third-order valence-corrected chi connectivity index (χ3v) is 3.60. The minimum atomic E-state index is -3.10. The highest BCUT2D eigenvalue weighted by molar-refractivity contribution is 7.90. The van der Waals surface area contributed by atoms with Crippen LogP contribution in [0.15, 0.2) is 16.5 Å². The number of rotatable bonds is 6. The molecule has 0 fully saturated rings. The minimum Gasteiger partial charge on any atom is -0.457 e. The average Bonchev–Trinajstić information content (AvgIpc) is 2.62. The van der Waals surface area contributed by atoms with E-state index in [2.05, 4.69) is 0 Å². The van der Waals surface area contributed by atoms with Crippen LogP contribution in [0.2, 0.25) is 0 Å². The predicted molar refractivity (Wildman–Crippen MR) is 56.5 cm³/mol. The lowest BCUT2D eigenvalue weighted by atomic mass is 10.4.